The van der Waals surface area contributed by atoms with Crippen molar-refractivity contribution in [2.24, 2.45) is 0 Å². The lowest BCUT2D eigenvalue weighted by atomic mass is 9.98. The minimum absolute atomic E-state index is 0.603. The Morgan fingerprint density at radius 1 is 1.15 bits per heavy atom. The molecule has 0 radical (unpaired) electrons. The Labute approximate surface area is 126 Å². The minimum Gasteiger partial charge on any atom is -0.481 e. The zero-order chi connectivity index (χ0) is 14.9. The van der Waals surface area contributed by atoms with E-state index in [-0.39, 0.29) is 0 Å². The number of carboxylic acid groups (broad SMARTS) is 1. The number of aromatic nitrogens is 2. The van der Waals surface area contributed by atoms with Crippen molar-refractivity contribution in [1.29, 1.82) is 0 Å². The average Bonchev–Trinajstić information content (AvgIpc) is 2.38. The number of carbonyl (C=O) groups is 1. The molecule has 0 saturated carbocycles. The van der Waals surface area contributed by atoms with E-state index in [9.17, 15) is 4.79 Å². The number of carboxylic acids is 1. The number of rotatable bonds is 3. The summed E-state index contributed by atoms with van der Waals surface area (Å²) in [7, 11) is 0. The fraction of sp³-hybridized carbons (Fsp3) is 0.267. The van der Waals surface area contributed by atoms with Crippen LogP contribution in [0.3, 0.4) is 0 Å². The van der Waals surface area contributed by atoms with Gasteiger partial charge in [-0.2, -0.15) is 0 Å². The van der Waals surface area contributed by atoms with Gasteiger partial charge in [0.05, 0.1) is 5.92 Å². The second kappa shape index (κ2) is 5.71. The third-order valence-electron chi connectivity index (χ3n) is 3.23. The van der Waals surface area contributed by atoms with Crippen molar-refractivity contribution in [1.82, 2.24) is 9.97 Å². The highest BCUT2D eigenvalue weighted by Crippen LogP contribution is 2.25. The maximum atomic E-state index is 11.1. The summed E-state index contributed by atoms with van der Waals surface area (Å²) in [4.78, 5) is 20.0. The van der Waals surface area contributed by atoms with E-state index in [1.54, 1.807) is 6.92 Å². The summed E-state index contributed by atoms with van der Waals surface area (Å²) in [5.41, 5.74) is 3.03. The first-order valence-corrected chi connectivity index (χ1v) is 7.03. The Hall–Kier alpha value is -1.75. The van der Waals surface area contributed by atoms with Crippen molar-refractivity contribution in [3.8, 4) is 11.4 Å². The van der Waals surface area contributed by atoms with Gasteiger partial charge in [0.15, 0.2) is 5.82 Å². The molecule has 1 aromatic heterocycles. The van der Waals surface area contributed by atoms with E-state index in [2.05, 4.69) is 25.9 Å². The molecule has 0 aliphatic carbocycles. The molecule has 20 heavy (non-hydrogen) atoms. The van der Waals surface area contributed by atoms with Crippen LogP contribution in [0, 0.1) is 13.8 Å². The highest BCUT2D eigenvalue weighted by atomic mass is 79.9. The van der Waals surface area contributed by atoms with Gasteiger partial charge in [-0.25, -0.2) is 9.97 Å². The molecule has 0 bridgehead atoms. The first-order chi connectivity index (χ1) is 9.40. The summed E-state index contributed by atoms with van der Waals surface area (Å²) >= 11 is 3.39. The van der Waals surface area contributed by atoms with Crippen LogP contribution < -0.4 is 0 Å². The number of hydrogen-bond acceptors (Lipinski definition) is 3. The zero-order valence-electron chi connectivity index (χ0n) is 11.5. The van der Waals surface area contributed by atoms with E-state index in [4.69, 9.17) is 5.11 Å². The van der Waals surface area contributed by atoms with Gasteiger partial charge < -0.3 is 5.11 Å². The Morgan fingerprint density at radius 2 is 1.65 bits per heavy atom. The van der Waals surface area contributed by atoms with E-state index in [1.807, 2.05) is 38.1 Å². The molecule has 104 valence electrons. The number of hydrogen-bond donors (Lipinski definition) is 1. The van der Waals surface area contributed by atoms with Gasteiger partial charge >= 0.3 is 5.97 Å². The normalized spacial score (nSPS) is 12.2. The number of benzene rings is 1. The molecule has 0 aliphatic rings. The van der Waals surface area contributed by atoms with Crippen molar-refractivity contribution in [3.63, 3.8) is 0 Å². The lowest BCUT2D eigenvalue weighted by Crippen LogP contribution is -2.13. The molecule has 1 atom stereocenters. The Kier molecular flexibility index (Phi) is 4.18. The lowest BCUT2D eigenvalue weighted by Gasteiger charge is -2.14. The Morgan fingerprint density at radius 3 is 2.10 bits per heavy atom. The Bertz CT molecular complexity index is 630. The number of nitrogens with zero attached hydrogens (tertiary/aromatic N) is 2. The maximum Gasteiger partial charge on any atom is 0.310 e. The van der Waals surface area contributed by atoms with Gasteiger partial charge in [0, 0.05) is 27.0 Å². The second-order valence-electron chi connectivity index (χ2n) is 4.70. The first kappa shape index (κ1) is 14.7. The SMILES string of the molecule is Cc1nc(-c2ccc(Br)cc2)nc(C)c1C(C)C(=O)O. The van der Waals surface area contributed by atoms with Gasteiger partial charge in [-0.1, -0.05) is 28.1 Å². The quantitative estimate of drug-likeness (QED) is 0.929. The summed E-state index contributed by atoms with van der Waals surface area (Å²) in [6, 6.07) is 7.71. The molecule has 4 nitrogen and oxygen atoms in total. The van der Waals surface area contributed by atoms with Crippen molar-refractivity contribution >= 4 is 21.9 Å². The highest BCUT2D eigenvalue weighted by Gasteiger charge is 2.21. The van der Waals surface area contributed by atoms with Crippen LogP contribution >= 0.6 is 15.9 Å². The van der Waals surface area contributed by atoms with E-state index >= 15 is 0 Å². The van der Waals surface area contributed by atoms with Crippen LogP contribution in [0.5, 0.6) is 0 Å². The summed E-state index contributed by atoms with van der Waals surface area (Å²) in [5.74, 6) is -0.848. The number of aliphatic carboxylic acids is 1. The van der Waals surface area contributed by atoms with Gasteiger partial charge in [0.25, 0.3) is 0 Å². The van der Waals surface area contributed by atoms with Crippen molar-refractivity contribution < 1.29 is 9.90 Å². The molecule has 1 aromatic carbocycles. The van der Waals surface area contributed by atoms with Crippen molar-refractivity contribution in [2.45, 2.75) is 26.7 Å². The molecule has 1 heterocycles. The van der Waals surface area contributed by atoms with Crippen molar-refractivity contribution in [3.05, 3.63) is 45.7 Å². The van der Waals surface area contributed by atoms with Crippen LogP contribution in [0.25, 0.3) is 11.4 Å². The van der Waals surface area contributed by atoms with Crippen LogP contribution in [-0.2, 0) is 4.79 Å². The summed E-state index contributed by atoms with van der Waals surface area (Å²) < 4.78 is 0.991. The average molecular weight is 335 g/mol. The smallest absolute Gasteiger partial charge is 0.310 e. The maximum absolute atomic E-state index is 11.1. The summed E-state index contributed by atoms with van der Waals surface area (Å²) in [6.07, 6.45) is 0. The molecule has 0 spiro atoms. The van der Waals surface area contributed by atoms with Gasteiger partial charge in [0.2, 0.25) is 0 Å². The topological polar surface area (TPSA) is 63.1 Å². The molecular weight excluding hydrogens is 320 g/mol. The minimum atomic E-state index is -0.865. The highest BCUT2D eigenvalue weighted by molar-refractivity contribution is 9.10. The van der Waals surface area contributed by atoms with Gasteiger partial charge in [-0.05, 0) is 32.9 Å². The van der Waals surface area contributed by atoms with Crippen LogP contribution in [-0.4, -0.2) is 21.0 Å². The van der Waals surface area contributed by atoms with E-state index in [0.29, 0.717) is 22.8 Å². The van der Waals surface area contributed by atoms with Crippen LogP contribution in [0.1, 0.15) is 29.8 Å². The second-order valence-corrected chi connectivity index (χ2v) is 5.61. The Balaban J connectivity index is 2.50. The van der Waals surface area contributed by atoms with Gasteiger partial charge in [0.1, 0.15) is 0 Å². The predicted octanol–water partition coefficient (Wildman–Crippen LogP) is 3.71. The fourth-order valence-electron chi connectivity index (χ4n) is 2.20. The van der Waals surface area contributed by atoms with Crippen molar-refractivity contribution in [2.75, 3.05) is 0 Å². The molecule has 0 fully saturated rings. The molecule has 2 rings (SSSR count). The molecule has 1 unspecified atom stereocenters. The monoisotopic (exact) mass is 334 g/mol. The van der Waals surface area contributed by atoms with Gasteiger partial charge in [-0.3, -0.25) is 4.79 Å². The third-order valence-corrected chi connectivity index (χ3v) is 3.76. The van der Waals surface area contributed by atoms with Crippen LogP contribution in [0.2, 0.25) is 0 Å². The molecule has 5 heteroatoms. The first-order valence-electron chi connectivity index (χ1n) is 6.24. The van der Waals surface area contributed by atoms with E-state index in [1.165, 1.54) is 0 Å². The van der Waals surface area contributed by atoms with Crippen LogP contribution in [0.4, 0.5) is 0 Å². The third kappa shape index (κ3) is 2.88. The fourth-order valence-corrected chi connectivity index (χ4v) is 2.47. The summed E-state index contributed by atoms with van der Waals surface area (Å²) in [6.45, 7) is 5.30. The predicted molar refractivity (Wildman–Crippen MR) is 80.7 cm³/mol. The standard InChI is InChI=1S/C15H15BrN2O2/c1-8(15(19)20)13-9(2)17-14(18-10(13)3)11-4-6-12(16)7-5-11/h4-8H,1-3H3,(H,19,20). The largest absolute Gasteiger partial charge is 0.481 e. The summed E-state index contributed by atoms with van der Waals surface area (Å²) in [5, 5.41) is 9.14. The molecule has 0 aliphatic heterocycles. The number of aryl methyl sites for hydroxylation is 2. The van der Waals surface area contributed by atoms with Gasteiger partial charge in [-0.15, -0.1) is 0 Å². The lowest BCUT2D eigenvalue weighted by molar-refractivity contribution is -0.138. The van der Waals surface area contributed by atoms with E-state index < -0.39 is 11.9 Å². The van der Waals surface area contributed by atoms with Crippen LogP contribution in [0.15, 0.2) is 28.7 Å². The zero-order valence-corrected chi connectivity index (χ0v) is 13.1. The molecule has 2 aromatic rings. The molecule has 1 N–H and O–H groups in total. The van der Waals surface area contributed by atoms with E-state index in [0.717, 1.165) is 10.0 Å². The molecular formula is C15H15BrN2O2. The number of halogens is 1. The molecule has 0 amide bonds. The molecule has 0 saturated heterocycles.